The zero-order chi connectivity index (χ0) is 12.5. The first-order valence-corrected chi connectivity index (χ1v) is 5.83. The lowest BCUT2D eigenvalue weighted by molar-refractivity contribution is -0.0859. The molecule has 1 aromatic heterocycles. The Bertz CT molecular complexity index is 458. The molecule has 1 fully saturated rings. The molecule has 0 saturated carbocycles. The molecule has 0 amide bonds. The van der Waals surface area contributed by atoms with Crippen molar-refractivity contribution in [2.45, 2.75) is 24.7 Å². The molecule has 0 aromatic carbocycles. The maximum Gasteiger partial charge on any atom is 0.351 e. The Hall–Kier alpha value is -1.11. The fraction of sp³-hybridized carbons (Fsp3) is 0.600. The number of nitrogens with two attached hydrogens (primary N) is 1. The van der Waals surface area contributed by atoms with E-state index in [2.05, 4.69) is 4.98 Å². The molecule has 0 radical (unpaired) electrons. The zero-order valence-corrected chi connectivity index (χ0v) is 9.93. The third-order valence-electron chi connectivity index (χ3n) is 2.93. The van der Waals surface area contributed by atoms with Gasteiger partial charge in [-0.15, -0.1) is 11.6 Å². The van der Waals surface area contributed by atoms with Gasteiger partial charge in [0, 0.05) is 6.20 Å². The van der Waals surface area contributed by atoms with Gasteiger partial charge >= 0.3 is 5.69 Å². The van der Waals surface area contributed by atoms with Crippen LogP contribution in [0.2, 0.25) is 0 Å². The molecule has 17 heavy (non-hydrogen) atoms. The second-order valence-corrected chi connectivity index (χ2v) is 4.40. The van der Waals surface area contributed by atoms with Gasteiger partial charge in [-0.3, -0.25) is 4.57 Å². The number of aromatic nitrogens is 2. The first-order chi connectivity index (χ1) is 8.10. The number of ether oxygens (including phenoxy) is 1. The second kappa shape index (κ2) is 4.64. The molecule has 0 spiro atoms. The molecule has 2 rings (SSSR count). The van der Waals surface area contributed by atoms with Crippen LogP contribution in [-0.4, -0.2) is 32.7 Å². The SMILES string of the molecule is Nc1ccn([C@H]2CC[C@](CO)(CCl)O2)c(=O)n1. The molecule has 0 aliphatic carbocycles. The highest BCUT2D eigenvalue weighted by molar-refractivity contribution is 6.18. The molecular formula is C10H14ClN3O3. The minimum atomic E-state index is -0.757. The number of aliphatic hydroxyl groups excluding tert-OH is 1. The average Bonchev–Trinajstić information content (AvgIpc) is 2.74. The van der Waals surface area contributed by atoms with E-state index in [1.165, 1.54) is 16.8 Å². The Balaban J connectivity index is 2.23. The summed E-state index contributed by atoms with van der Waals surface area (Å²) in [6.07, 6.45) is 2.31. The van der Waals surface area contributed by atoms with Crippen molar-refractivity contribution in [2.75, 3.05) is 18.2 Å². The summed E-state index contributed by atoms with van der Waals surface area (Å²) in [5.74, 6) is 0.368. The molecule has 1 aromatic rings. The van der Waals surface area contributed by atoms with Crippen molar-refractivity contribution in [1.82, 2.24) is 9.55 Å². The quantitative estimate of drug-likeness (QED) is 0.752. The largest absolute Gasteiger partial charge is 0.393 e. The summed E-state index contributed by atoms with van der Waals surface area (Å²) in [4.78, 5) is 15.2. The number of anilines is 1. The van der Waals surface area contributed by atoms with Gasteiger partial charge in [0.1, 0.15) is 17.6 Å². The van der Waals surface area contributed by atoms with Crippen molar-refractivity contribution >= 4 is 17.4 Å². The molecule has 6 nitrogen and oxygen atoms in total. The maximum atomic E-state index is 11.6. The number of aliphatic hydroxyl groups is 1. The highest BCUT2D eigenvalue weighted by Crippen LogP contribution is 2.36. The van der Waals surface area contributed by atoms with E-state index in [-0.39, 0.29) is 18.3 Å². The van der Waals surface area contributed by atoms with E-state index in [4.69, 9.17) is 22.1 Å². The molecule has 1 saturated heterocycles. The van der Waals surface area contributed by atoms with Gasteiger partial charge in [0.2, 0.25) is 0 Å². The highest BCUT2D eigenvalue weighted by atomic mass is 35.5. The number of nitrogens with zero attached hydrogens (tertiary/aromatic N) is 2. The minimum Gasteiger partial charge on any atom is -0.393 e. The van der Waals surface area contributed by atoms with Crippen molar-refractivity contribution in [3.8, 4) is 0 Å². The smallest absolute Gasteiger partial charge is 0.351 e. The standard InChI is InChI=1S/C10H14ClN3O3/c11-5-10(6-15)3-1-8(17-10)14-4-2-7(12)13-9(14)16/h2,4,8,15H,1,3,5-6H2,(H2,12,13,16)/t8-,10-/m1/s1. The van der Waals surface area contributed by atoms with Crippen molar-refractivity contribution in [3.05, 3.63) is 22.7 Å². The first kappa shape index (κ1) is 12.3. The van der Waals surface area contributed by atoms with Crippen molar-refractivity contribution in [2.24, 2.45) is 0 Å². The molecule has 3 N–H and O–H groups in total. The van der Waals surface area contributed by atoms with Crippen LogP contribution in [0.5, 0.6) is 0 Å². The van der Waals surface area contributed by atoms with Crippen LogP contribution < -0.4 is 11.4 Å². The van der Waals surface area contributed by atoms with Crippen molar-refractivity contribution in [1.29, 1.82) is 0 Å². The van der Waals surface area contributed by atoms with Gasteiger partial charge in [0.25, 0.3) is 0 Å². The molecular weight excluding hydrogens is 246 g/mol. The van der Waals surface area contributed by atoms with E-state index in [9.17, 15) is 9.90 Å². The van der Waals surface area contributed by atoms with Gasteiger partial charge < -0.3 is 15.6 Å². The number of hydrogen-bond acceptors (Lipinski definition) is 5. The maximum absolute atomic E-state index is 11.6. The number of rotatable bonds is 3. The van der Waals surface area contributed by atoms with E-state index in [1.807, 2.05) is 0 Å². The summed E-state index contributed by atoms with van der Waals surface area (Å²) >= 11 is 5.77. The van der Waals surface area contributed by atoms with Crippen LogP contribution in [0.3, 0.4) is 0 Å². The summed E-state index contributed by atoms with van der Waals surface area (Å²) in [5, 5.41) is 9.26. The molecule has 1 aliphatic rings. The predicted molar refractivity (Wildman–Crippen MR) is 62.8 cm³/mol. The zero-order valence-electron chi connectivity index (χ0n) is 9.17. The van der Waals surface area contributed by atoms with Crippen LogP contribution >= 0.6 is 11.6 Å². The van der Waals surface area contributed by atoms with Crippen LogP contribution in [0.4, 0.5) is 5.82 Å². The highest BCUT2D eigenvalue weighted by Gasteiger charge is 2.40. The lowest BCUT2D eigenvalue weighted by Crippen LogP contribution is -2.36. The van der Waals surface area contributed by atoms with E-state index in [0.29, 0.717) is 12.8 Å². The first-order valence-electron chi connectivity index (χ1n) is 5.29. The topological polar surface area (TPSA) is 90.4 Å². The van der Waals surface area contributed by atoms with Gasteiger partial charge in [-0.25, -0.2) is 4.79 Å². The predicted octanol–water partition coefficient (Wildman–Crippen LogP) is 0.104. The van der Waals surface area contributed by atoms with Crippen LogP contribution in [-0.2, 0) is 4.74 Å². The fourth-order valence-corrected chi connectivity index (χ4v) is 2.17. The minimum absolute atomic E-state index is 0.163. The Morgan fingerprint density at radius 2 is 2.53 bits per heavy atom. The van der Waals surface area contributed by atoms with E-state index in [1.54, 1.807) is 0 Å². The number of halogens is 1. The lowest BCUT2D eigenvalue weighted by atomic mass is 10.0. The van der Waals surface area contributed by atoms with E-state index in [0.717, 1.165) is 0 Å². The summed E-state index contributed by atoms with van der Waals surface area (Å²) in [5.41, 5.74) is 4.19. The molecule has 1 aliphatic heterocycles. The van der Waals surface area contributed by atoms with Gasteiger partial charge in [-0.2, -0.15) is 4.98 Å². The third kappa shape index (κ3) is 2.29. The average molecular weight is 260 g/mol. The van der Waals surface area contributed by atoms with Crippen LogP contribution in [0.25, 0.3) is 0 Å². The molecule has 2 heterocycles. The fourth-order valence-electron chi connectivity index (χ4n) is 1.89. The number of hydrogen-bond donors (Lipinski definition) is 2. The second-order valence-electron chi connectivity index (χ2n) is 4.13. The number of alkyl halides is 1. The Morgan fingerprint density at radius 1 is 1.76 bits per heavy atom. The Morgan fingerprint density at radius 3 is 3.06 bits per heavy atom. The molecule has 0 unspecified atom stereocenters. The van der Waals surface area contributed by atoms with Crippen LogP contribution in [0.1, 0.15) is 19.1 Å². The molecule has 0 bridgehead atoms. The van der Waals surface area contributed by atoms with Crippen LogP contribution in [0.15, 0.2) is 17.1 Å². The van der Waals surface area contributed by atoms with Crippen molar-refractivity contribution < 1.29 is 9.84 Å². The van der Waals surface area contributed by atoms with Crippen LogP contribution in [0, 0.1) is 0 Å². The third-order valence-corrected chi connectivity index (χ3v) is 3.41. The van der Waals surface area contributed by atoms with Gasteiger partial charge in [-0.05, 0) is 18.9 Å². The molecule has 7 heteroatoms. The normalized spacial score (nSPS) is 28.5. The van der Waals surface area contributed by atoms with E-state index < -0.39 is 17.5 Å². The monoisotopic (exact) mass is 259 g/mol. The summed E-state index contributed by atoms with van der Waals surface area (Å²) < 4.78 is 7.02. The van der Waals surface area contributed by atoms with Gasteiger partial charge in [-0.1, -0.05) is 0 Å². The van der Waals surface area contributed by atoms with Gasteiger partial charge in [0.05, 0.1) is 12.5 Å². The molecule has 94 valence electrons. The Kier molecular flexibility index (Phi) is 3.37. The number of nitrogen functional groups attached to an aromatic ring is 1. The summed E-state index contributed by atoms with van der Waals surface area (Å²) in [6.45, 7) is -0.163. The summed E-state index contributed by atoms with van der Waals surface area (Å²) in [6, 6.07) is 1.53. The van der Waals surface area contributed by atoms with E-state index >= 15 is 0 Å². The van der Waals surface area contributed by atoms with Gasteiger partial charge in [0.15, 0.2) is 0 Å². The molecule has 2 atom stereocenters. The summed E-state index contributed by atoms with van der Waals surface area (Å²) in [7, 11) is 0. The lowest BCUT2D eigenvalue weighted by Gasteiger charge is -2.24. The Labute approximate surface area is 103 Å². The van der Waals surface area contributed by atoms with Crippen molar-refractivity contribution in [3.63, 3.8) is 0 Å².